The number of rotatable bonds is 11. The second-order valence-corrected chi connectivity index (χ2v) is 11.3. The Balaban J connectivity index is 1.38. The van der Waals surface area contributed by atoms with Gasteiger partial charge in [0.25, 0.3) is 11.8 Å². The van der Waals surface area contributed by atoms with Crippen LogP contribution in [0.4, 0.5) is 11.4 Å². The molecule has 0 radical (unpaired) electrons. The number of halogens is 1. The third kappa shape index (κ3) is 9.32. The molecule has 0 heterocycles. The Morgan fingerprint density at radius 1 is 0.795 bits per heavy atom. The number of esters is 1. The van der Waals surface area contributed by atoms with Gasteiger partial charge >= 0.3 is 5.97 Å². The first-order valence-electron chi connectivity index (χ1n) is 13.7. The topological polar surface area (TPSA) is 114 Å². The van der Waals surface area contributed by atoms with E-state index in [1.165, 1.54) is 11.8 Å². The van der Waals surface area contributed by atoms with E-state index in [2.05, 4.69) is 16.0 Å². The zero-order valence-electron chi connectivity index (χ0n) is 24.0. The van der Waals surface area contributed by atoms with Crippen LogP contribution in [0, 0.1) is 0 Å². The number of carbonyl (C=O) groups is 4. The van der Waals surface area contributed by atoms with Crippen molar-refractivity contribution in [3.8, 4) is 0 Å². The second-order valence-electron chi connectivity index (χ2n) is 9.46. The molecule has 0 saturated heterocycles. The van der Waals surface area contributed by atoms with Crippen LogP contribution in [0.2, 0.25) is 5.02 Å². The molecule has 0 fully saturated rings. The van der Waals surface area contributed by atoms with E-state index in [-0.39, 0.29) is 18.2 Å². The molecule has 224 valence electrons. The molecule has 4 rings (SSSR count). The predicted octanol–water partition coefficient (Wildman–Crippen LogP) is 7.05. The summed E-state index contributed by atoms with van der Waals surface area (Å²) in [6.07, 6.45) is 1.57. The number of carbonyl (C=O) groups excluding carboxylic acids is 4. The van der Waals surface area contributed by atoms with E-state index in [0.717, 1.165) is 4.90 Å². The summed E-state index contributed by atoms with van der Waals surface area (Å²) in [5.41, 5.74) is 2.63. The number of thioether (sulfide) groups is 1. The summed E-state index contributed by atoms with van der Waals surface area (Å²) in [6, 6.07) is 29.0. The molecular formula is C34H30ClN3O5S. The van der Waals surface area contributed by atoms with E-state index in [4.69, 9.17) is 16.3 Å². The normalized spacial score (nSPS) is 11.7. The molecule has 1 atom stereocenters. The van der Waals surface area contributed by atoms with Crippen LogP contribution in [0.15, 0.2) is 114 Å². The highest BCUT2D eigenvalue weighted by atomic mass is 35.5. The third-order valence-electron chi connectivity index (χ3n) is 6.17. The Hall–Kier alpha value is -4.86. The van der Waals surface area contributed by atoms with Crippen molar-refractivity contribution in [2.24, 2.45) is 0 Å². The van der Waals surface area contributed by atoms with Crippen molar-refractivity contribution >= 4 is 64.5 Å². The molecule has 0 spiro atoms. The van der Waals surface area contributed by atoms with Gasteiger partial charge in [-0.3, -0.25) is 14.4 Å². The van der Waals surface area contributed by atoms with Crippen LogP contribution in [-0.4, -0.2) is 35.5 Å². The van der Waals surface area contributed by atoms with Crippen LogP contribution in [-0.2, 0) is 14.3 Å². The van der Waals surface area contributed by atoms with Crippen molar-refractivity contribution in [2.75, 3.05) is 17.2 Å². The van der Waals surface area contributed by atoms with Gasteiger partial charge in [0.15, 0.2) is 0 Å². The van der Waals surface area contributed by atoms with Crippen molar-refractivity contribution in [2.45, 2.75) is 24.0 Å². The molecule has 0 bridgehead atoms. The van der Waals surface area contributed by atoms with Gasteiger partial charge in [-0.05, 0) is 98.3 Å². The zero-order valence-corrected chi connectivity index (χ0v) is 25.6. The van der Waals surface area contributed by atoms with Crippen LogP contribution < -0.4 is 16.0 Å². The molecule has 0 aliphatic carbocycles. The average Bonchev–Trinajstić information content (AvgIpc) is 3.03. The number of amides is 3. The van der Waals surface area contributed by atoms with Crippen molar-refractivity contribution in [3.05, 3.63) is 131 Å². The Morgan fingerprint density at radius 3 is 2.05 bits per heavy atom. The third-order valence-corrected chi connectivity index (χ3v) is 7.53. The largest absolute Gasteiger partial charge is 0.462 e. The Labute approximate surface area is 264 Å². The van der Waals surface area contributed by atoms with Crippen molar-refractivity contribution < 1.29 is 23.9 Å². The highest BCUT2D eigenvalue weighted by Gasteiger charge is 2.17. The van der Waals surface area contributed by atoms with E-state index < -0.39 is 23.0 Å². The Kier molecular flexibility index (Phi) is 11.3. The van der Waals surface area contributed by atoms with Gasteiger partial charge in [-0.25, -0.2) is 4.79 Å². The maximum atomic E-state index is 13.3. The SMILES string of the molecule is CCOC(=O)c1ccc(NC(=O)C(C)Sc2ccc(NC(=O)/C(=C/c3ccc(Cl)cc3)NC(=O)c3ccccc3)cc2)cc1. The molecule has 10 heteroatoms. The van der Waals surface area contributed by atoms with Gasteiger partial charge in [-0.2, -0.15) is 0 Å². The van der Waals surface area contributed by atoms with Gasteiger partial charge < -0.3 is 20.7 Å². The van der Waals surface area contributed by atoms with Crippen LogP contribution in [0.3, 0.4) is 0 Å². The minimum atomic E-state index is -0.508. The quantitative estimate of drug-likeness (QED) is 0.0933. The Bertz CT molecular complexity index is 1640. The fourth-order valence-corrected chi connectivity index (χ4v) is 4.88. The maximum Gasteiger partial charge on any atom is 0.338 e. The van der Waals surface area contributed by atoms with E-state index in [0.29, 0.717) is 33.1 Å². The summed E-state index contributed by atoms with van der Waals surface area (Å²) in [7, 11) is 0. The second kappa shape index (κ2) is 15.6. The van der Waals surface area contributed by atoms with E-state index in [1.54, 1.807) is 123 Å². The number of ether oxygens (including phenoxy) is 1. The van der Waals surface area contributed by atoms with Gasteiger partial charge in [-0.15, -0.1) is 11.8 Å². The van der Waals surface area contributed by atoms with Crippen LogP contribution in [0.5, 0.6) is 0 Å². The lowest BCUT2D eigenvalue weighted by molar-refractivity contribution is -0.115. The monoisotopic (exact) mass is 627 g/mol. The molecule has 4 aromatic rings. The summed E-state index contributed by atoms with van der Waals surface area (Å²) in [6.45, 7) is 3.81. The van der Waals surface area contributed by atoms with Crippen molar-refractivity contribution in [1.82, 2.24) is 5.32 Å². The summed E-state index contributed by atoms with van der Waals surface area (Å²) in [4.78, 5) is 51.5. The lowest BCUT2D eigenvalue weighted by atomic mass is 10.1. The maximum absolute atomic E-state index is 13.3. The fourth-order valence-electron chi connectivity index (χ4n) is 3.89. The molecule has 3 amide bonds. The molecular weight excluding hydrogens is 598 g/mol. The molecule has 0 aliphatic heterocycles. The molecule has 4 aromatic carbocycles. The Morgan fingerprint density at radius 2 is 1.41 bits per heavy atom. The van der Waals surface area contributed by atoms with Crippen LogP contribution in [0.25, 0.3) is 6.08 Å². The predicted molar refractivity (Wildman–Crippen MR) is 175 cm³/mol. The first-order valence-corrected chi connectivity index (χ1v) is 15.0. The highest BCUT2D eigenvalue weighted by molar-refractivity contribution is 8.00. The van der Waals surface area contributed by atoms with E-state index >= 15 is 0 Å². The van der Waals surface area contributed by atoms with Crippen LogP contribution in [0.1, 0.15) is 40.1 Å². The minimum absolute atomic E-state index is 0.0557. The number of nitrogens with one attached hydrogen (secondary N) is 3. The van der Waals surface area contributed by atoms with Gasteiger partial charge in [0.2, 0.25) is 5.91 Å². The first-order chi connectivity index (χ1) is 21.2. The highest BCUT2D eigenvalue weighted by Crippen LogP contribution is 2.26. The number of anilines is 2. The molecule has 44 heavy (non-hydrogen) atoms. The number of hydrogen-bond acceptors (Lipinski definition) is 6. The van der Waals surface area contributed by atoms with Gasteiger partial charge in [0.05, 0.1) is 17.4 Å². The minimum Gasteiger partial charge on any atom is -0.462 e. The smallest absolute Gasteiger partial charge is 0.338 e. The first kappa shape index (κ1) is 32.1. The average molecular weight is 628 g/mol. The summed E-state index contributed by atoms with van der Waals surface area (Å²) >= 11 is 7.35. The fraction of sp³-hybridized carbons (Fsp3) is 0.118. The number of benzene rings is 4. The summed E-state index contributed by atoms with van der Waals surface area (Å²) in [5.74, 6) is -1.55. The van der Waals surface area contributed by atoms with Crippen molar-refractivity contribution in [3.63, 3.8) is 0 Å². The lowest BCUT2D eigenvalue weighted by Gasteiger charge is -2.14. The molecule has 0 aromatic heterocycles. The molecule has 8 nitrogen and oxygen atoms in total. The molecule has 3 N–H and O–H groups in total. The zero-order chi connectivity index (χ0) is 31.5. The van der Waals surface area contributed by atoms with E-state index in [9.17, 15) is 19.2 Å². The lowest BCUT2D eigenvalue weighted by Crippen LogP contribution is -2.30. The van der Waals surface area contributed by atoms with Gasteiger partial charge in [-0.1, -0.05) is 41.9 Å². The van der Waals surface area contributed by atoms with Gasteiger partial charge in [0.1, 0.15) is 5.70 Å². The van der Waals surface area contributed by atoms with Crippen LogP contribution >= 0.6 is 23.4 Å². The van der Waals surface area contributed by atoms with Gasteiger partial charge in [0, 0.05) is 26.9 Å². The standard InChI is InChI=1S/C34H30ClN3O5S/c1-3-43-34(42)25-11-15-27(16-12-25)36-31(39)22(2)44-29-19-17-28(18-20-29)37-33(41)30(21-23-9-13-26(35)14-10-23)38-32(40)24-7-5-4-6-8-24/h4-22H,3H2,1-2H3,(H,36,39)(H,37,41)(H,38,40)/b30-21-. The number of hydrogen-bond donors (Lipinski definition) is 3. The molecule has 0 aliphatic rings. The summed E-state index contributed by atoms with van der Waals surface area (Å²) in [5, 5.41) is 8.49. The van der Waals surface area contributed by atoms with E-state index in [1.807, 2.05) is 0 Å². The molecule has 1 unspecified atom stereocenters. The van der Waals surface area contributed by atoms with Crippen molar-refractivity contribution in [1.29, 1.82) is 0 Å². The molecule has 0 saturated carbocycles. The summed E-state index contributed by atoms with van der Waals surface area (Å²) < 4.78 is 4.98.